The smallest absolute Gasteiger partial charge is 0.349 e. The van der Waals surface area contributed by atoms with E-state index < -0.39 is 16.5 Å². The SMILES string of the molecule is COc1ccc(NC(=O)c2cc3ccc(OC)cc3oc2=O)c([N+](=O)[O-])c1. The number of nitro groups is 1. The monoisotopic (exact) mass is 370 g/mol. The Kier molecular flexibility index (Phi) is 4.75. The minimum Gasteiger partial charge on any atom is -0.497 e. The predicted molar refractivity (Wildman–Crippen MR) is 96.6 cm³/mol. The van der Waals surface area contributed by atoms with Gasteiger partial charge in [-0.15, -0.1) is 0 Å². The molecule has 0 saturated carbocycles. The number of carbonyl (C=O) groups is 1. The van der Waals surface area contributed by atoms with Crippen molar-refractivity contribution >= 4 is 28.3 Å². The van der Waals surface area contributed by atoms with Gasteiger partial charge in [-0.25, -0.2) is 4.79 Å². The van der Waals surface area contributed by atoms with Crippen LogP contribution in [0.15, 0.2) is 51.7 Å². The second kappa shape index (κ2) is 7.16. The van der Waals surface area contributed by atoms with Crippen molar-refractivity contribution in [2.24, 2.45) is 0 Å². The molecule has 27 heavy (non-hydrogen) atoms. The van der Waals surface area contributed by atoms with Crippen molar-refractivity contribution in [3.05, 3.63) is 68.6 Å². The van der Waals surface area contributed by atoms with Crippen LogP contribution < -0.4 is 20.4 Å². The first kappa shape index (κ1) is 17.9. The number of nitrogens with one attached hydrogen (secondary N) is 1. The first-order chi connectivity index (χ1) is 12.9. The van der Waals surface area contributed by atoms with Gasteiger partial charge in [0.05, 0.1) is 25.2 Å². The second-order valence-corrected chi connectivity index (χ2v) is 5.45. The van der Waals surface area contributed by atoms with Crippen LogP contribution in [-0.4, -0.2) is 25.1 Å². The molecule has 0 bridgehead atoms. The van der Waals surface area contributed by atoms with Crippen LogP contribution in [0.25, 0.3) is 11.0 Å². The Bertz CT molecular complexity index is 1100. The number of methoxy groups -OCH3 is 2. The Hall–Kier alpha value is -3.88. The van der Waals surface area contributed by atoms with Crippen LogP contribution in [0.5, 0.6) is 11.5 Å². The van der Waals surface area contributed by atoms with E-state index in [1.165, 1.54) is 44.6 Å². The third-order valence-corrected chi connectivity index (χ3v) is 3.84. The summed E-state index contributed by atoms with van der Waals surface area (Å²) in [6.45, 7) is 0. The lowest BCUT2D eigenvalue weighted by Gasteiger charge is -2.08. The van der Waals surface area contributed by atoms with Crippen molar-refractivity contribution in [3.8, 4) is 11.5 Å². The molecular formula is C18H14N2O7. The average Bonchev–Trinajstić information content (AvgIpc) is 2.66. The number of carbonyl (C=O) groups excluding carboxylic acids is 1. The maximum atomic E-state index is 12.5. The van der Waals surface area contributed by atoms with Gasteiger partial charge in [0.25, 0.3) is 11.6 Å². The molecule has 3 aromatic rings. The molecule has 2 aromatic carbocycles. The summed E-state index contributed by atoms with van der Waals surface area (Å²) in [5.74, 6) is -0.0645. The molecule has 1 aromatic heterocycles. The first-order valence-electron chi connectivity index (χ1n) is 7.68. The standard InChI is InChI=1S/C18H14N2O7/c1-25-11-5-6-14(15(8-11)20(23)24)19-17(21)13-7-10-3-4-12(26-2)9-16(10)27-18(13)22/h3-9H,1-2H3,(H,19,21). The van der Waals surface area contributed by atoms with Gasteiger partial charge >= 0.3 is 5.63 Å². The molecule has 0 aliphatic rings. The first-order valence-corrected chi connectivity index (χ1v) is 7.68. The van der Waals surface area contributed by atoms with Gasteiger partial charge in [-0.2, -0.15) is 0 Å². The van der Waals surface area contributed by atoms with Crippen LogP contribution in [-0.2, 0) is 0 Å². The lowest BCUT2D eigenvalue weighted by molar-refractivity contribution is -0.384. The highest BCUT2D eigenvalue weighted by molar-refractivity contribution is 6.06. The fourth-order valence-corrected chi connectivity index (χ4v) is 2.46. The maximum absolute atomic E-state index is 12.5. The number of hydrogen-bond donors (Lipinski definition) is 1. The molecule has 0 fully saturated rings. The fraction of sp³-hybridized carbons (Fsp3) is 0.111. The topological polar surface area (TPSA) is 121 Å². The van der Waals surface area contributed by atoms with Gasteiger partial charge in [-0.1, -0.05) is 0 Å². The van der Waals surface area contributed by atoms with Gasteiger partial charge in [0.15, 0.2) is 0 Å². The van der Waals surface area contributed by atoms with E-state index in [4.69, 9.17) is 13.9 Å². The van der Waals surface area contributed by atoms with Gasteiger partial charge in [0.1, 0.15) is 28.3 Å². The molecule has 0 aliphatic heterocycles. The van der Waals surface area contributed by atoms with E-state index in [2.05, 4.69) is 5.32 Å². The third kappa shape index (κ3) is 3.56. The third-order valence-electron chi connectivity index (χ3n) is 3.84. The van der Waals surface area contributed by atoms with Crippen molar-refractivity contribution in [1.29, 1.82) is 0 Å². The Morgan fingerprint density at radius 1 is 1.07 bits per heavy atom. The lowest BCUT2D eigenvalue weighted by atomic mass is 10.1. The van der Waals surface area contributed by atoms with E-state index in [1.807, 2.05) is 0 Å². The van der Waals surface area contributed by atoms with Gasteiger partial charge in [-0.3, -0.25) is 14.9 Å². The summed E-state index contributed by atoms with van der Waals surface area (Å²) in [5.41, 5.74) is -1.33. The molecule has 9 nitrogen and oxygen atoms in total. The molecule has 0 atom stereocenters. The molecule has 1 N–H and O–H groups in total. The van der Waals surface area contributed by atoms with Crippen LogP contribution in [0.1, 0.15) is 10.4 Å². The van der Waals surface area contributed by atoms with Crippen LogP contribution in [0, 0.1) is 10.1 Å². The quantitative estimate of drug-likeness (QED) is 0.416. The zero-order valence-electron chi connectivity index (χ0n) is 14.3. The number of nitrogens with zero attached hydrogens (tertiary/aromatic N) is 1. The molecule has 1 heterocycles. The predicted octanol–water partition coefficient (Wildman–Crippen LogP) is 2.97. The Balaban J connectivity index is 1.98. The molecule has 0 spiro atoms. The van der Waals surface area contributed by atoms with Crippen molar-refractivity contribution in [1.82, 2.24) is 0 Å². The van der Waals surface area contributed by atoms with Crippen LogP contribution >= 0.6 is 0 Å². The number of ether oxygens (including phenoxy) is 2. The van der Waals surface area contributed by atoms with Crippen LogP contribution in [0.3, 0.4) is 0 Å². The van der Waals surface area contributed by atoms with Gasteiger partial charge < -0.3 is 19.2 Å². The Labute approximate surface area is 152 Å². The normalized spacial score (nSPS) is 10.4. The van der Waals surface area contributed by atoms with E-state index >= 15 is 0 Å². The molecule has 3 rings (SSSR count). The Morgan fingerprint density at radius 2 is 1.74 bits per heavy atom. The number of amides is 1. The maximum Gasteiger partial charge on any atom is 0.349 e. The van der Waals surface area contributed by atoms with Gasteiger partial charge in [-0.05, 0) is 30.3 Å². The van der Waals surface area contributed by atoms with E-state index in [9.17, 15) is 19.7 Å². The number of hydrogen-bond acceptors (Lipinski definition) is 7. The summed E-state index contributed by atoms with van der Waals surface area (Å²) in [7, 11) is 2.84. The molecule has 138 valence electrons. The van der Waals surface area contributed by atoms with Crippen molar-refractivity contribution in [3.63, 3.8) is 0 Å². The highest BCUT2D eigenvalue weighted by atomic mass is 16.6. The van der Waals surface area contributed by atoms with E-state index in [0.717, 1.165) is 0 Å². The molecule has 0 radical (unpaired) electrons. The number of rotatable bonds is 5. The molecular weight excluding hydrogens is 356 g/mol. The lowest BCUT2D eigenvalue weighted by Crippen LogP contribution is -2.21. The number of nitro benzene ring substituents is 1. The minimum atomic E-state index is -0.871. The summed E-state index contributed by atoms with van der Waals surface area (Å²) in [6, 6.07) is 10.1. The minimum absolute atomic E-state index is 0.0694. The summed E-state index contributed by atoms with van der Waals surface area (Å²) in [6.07, 6.45) is 0. The summed E-state index contributed by atoms with van der Waals surface area (Å²) >= 11 is 0. The second-order valence-electron chi connectivity index (χ2n) is 5.45. The van der Waals surface area contributed by atoms with Gasteiger partial charge in [0, 0.05) is 11.5 Å². The molecule has 9 heteroatoms. The average molecular weight is 370 g/mol. The summed E-state index contributed by atoms with van der Waals surface area (Å²) in [4.78, 5) is 35.2. The van der Waals surface area contributed by atoms with Crippen molar-refractivity contribution in [2.75, 3.05) is 19.5 Å². The number of benzene rings is 2. The largest absolute Gasteiger partial charge is 0.497 e. The van der Waals surface area contributed by atoms with Crippen LogP contribution in [0.2, 0.25) is 0 Å². The van der Waals surface area contributed by atoms with Crippen molar-refractivity contribution in [2.45, 2.75) is 0 Å². The van der Waals surface area contributed by atoms with Gasteiger partial charge in [0.2, 0.25) is 0 Å². The number of anilines is 1. The number of fused-ring (bicyclic) bond motifs is 1. The highest BCUT2D eigenvalue weighted by Gasteiger charge is 2.20. The summed E-state index contributed by atoms with van der Waals surface area (Å²) < 4.78 is 15.2. The molecule has 0 unspecified atom stereocenters. The zero-order valence-corrected chi connectivity index (χ0v) is 14.3. The molecule has 1 amide bonds. The van der Waals surface area contributed by atoms with E-state index in [1.54, 1.807) is 12.1 Å². The molecule has 0 aliphatic carbocycles. The van der Waals surface area contributed by atoms with Crippen molar-refractivity contribution < 1.29 is 23.6 Å². The zero-order chi connectivity index (χ0) is 19.6. The highest BCUT2D eigenvalue weighted by Crippen LogP contribution is 2.29. The Morgan fingerprint density at radius 3 is 2.41 bits per heavy atom. The van der Waals surface area contributed by atoms with Crippen LogP contribution in [0.4, 0.5) is 11.4 Å². The van der Waals surface area contributed by atoms with E-state index in [0.29, 0.717) is 11.1 Å². The van der Waals surface area contributed by atoms with E-state index in [-0.39, 0.29) is 28.3 Å². The fourth-order valence-electron chi connectivity index (χ4n) is 2.46. The summed E-state index contributed by atoms with van der Waals surface area (Å²) in [5, 5.41) is 14.1. The molecule has 0 saturated heterocycles.